The largest absolute Gasteiger partial charge is 0.471 e. The number of benzene rings is 1. The predicted octanol–water partition coefficient (Wildman–Crippen LogP) is 3.61. The first-order valence-corrected chi connectivity index (χ1v) is 7.55. The molecule has 5 nitrogen and oxygen atoms in total. The van der Waals surface area contributed by atoms with E-state index in [9.17, 15) is 22.8 Å². The maximum absolute atomic E-state index is 12.2. The van der Waals surface area contributed by atoms with Gasteiger partial charge in [-0.3, -0.25) is 9.59 Å². The number of hydrogen-bond acceptors (Lipinski definition) is 3. The lowest BCUT2D eigenvalue weighted by Crippen LogP contribution is -2.29. The van der Waals surface area contributed by atoms with Crippen LogP contribution >= 0.6 is 0 Å². The van der Waals surface area contributed by atoms with Crippen molar-refractivity contribution in [2.75, 3.05) is 5.32 Å². The third-order valence-corrected chi connectivity index (χ3v) is 3.15. The zero-order chi connectivity index (χ0) is 18.2. The lowest BCUT2D eigenvalue weighted by atomic mass is 10.1. The summed E-state index contributed by atoms with van der Waals surface area (Å²) in [6.45, 7) is 3.64. The average molecular weight is 343 g/mol. The Morgan fingerprint density at radius 1 is 1.21 bits per heavy atom. The fourth-order valence-corrected chi connectivity index (χ4v) is 1.83. The van der Waals surface area contributed by atoms with Crippen LogP contribution < -0.4 is 10.7 Å². The highest BCUT2D eigenvalue weighted by molar-refractivity contribution is 6.01. The van der Waals surface area contributed by atoms with Gasteiger partial charge >= 0.3 is 12.1 Å². The van der Waals surface area contributed by atoms with Crippen LogP contribution in [0.15, 0.2) is 29.4 Å². The number of alkyl halides is 3. The van der Waals surface area contributed by atoms with E-state index in [1.54, 1.807) is 18.3 Å². The molecule has 24 heavy (non-hydrogen) atoms. The molecule has 0 saturated carbocycles. The Bertz CT molecular complexity index is 613. The van der Waals surface area contributed by atoms with E-state index in [4.69, 9.17) is 0 Å². The molecule has 1 aromatic carbocycles. The van der Waals surface area contributed by atoms with Crippen LogP contribution in [0.1, 0.15) is 45.1 Å². The summed E-state index contributed by atoms with van der Waals surface area (Å²) in [6, 6.07) is 5.80. The molecule has 0 aliphatic heterocycles. The second-order valence-electron chi connectivity index (χ2n) is 5.22. The summed E-state index contributed by atoms with van der Waals surface area (Å²) in [5.41, 5.74) is 3.31. The highest BCUT2D eigenvalue weighted by Gasteiger charge is 2.38. The maximum Gasteiger partial charge on any atom is 0.471 e. The van der Waals surface area contributed by atoms with Crippen molar-refractivity contribution in [3.8, 4) is 0 Å². The Labute approximate surface area is 138 Å². The van der Waals surface area contributed by atoms with Crippen LogP contribution in [0, 0.1) is 0 Å². The van der Waals surface area contributed by atoms with Crippen molar-refractivity contribution < 1.29 is 22.8 Å². The molecular weight excluding hydrogens is 323 g/mol. The molecule has 0 aromatic heterocycles. The first-order chi connectivity index (χ1) is 11.2. The monoisotopic (exact) mass is 343 g/mol. The van der Waals surface area contributed by atoms with Crippen molar-refractivity contribution in [1.82, 2.24) is 5.43 Å². The molecule has 0 aliphatic rings. The molecule has 1 rings (SSSR count). The van der Waals surface area contributed by atoms with Crippen LogP contribution in [-0.4, -0.2) is 23.7 Å². The van der Waals surface area contributed by atoms with Crippen LogP contribution in [0.2, 0.25) is 0 Å². The summed E-state index contributed by atoms with van der Waals surface area (Å²) in [7, 11) is 0. The Morgan fingerprint density at radius 2 is 1.92 bits per heavy atom. The van der Waals surface area contributed by atoms with Crippen molar-refractivity contribution in [3.05, 3.63) is 29.8 Å². The lowest BCUT2D eigenvalue weighted by Gasteiger charge is -2.09. The Balaban J connectivity index is 2.69. The van der Waals surface area contributed by atoms with E-state index < -0.39 is 12.1 Å². The van der Waals surface area contributed by atoms with Gasteiger partial charge in [-0.15, -0.1) is 0 Å². The second-order valence-corrected chi connectivity index (χ2v) is 5.22. The number of nitrogens with one attached hydrogen (secondary N) is 2. The molecule has 0 fully saturated rings. The first-order valence-electron chi connectivity index (χ1n) is 7.55. The predicted molar refractivity (Wildman–Crippen MR) is 85.6 cm³/mol. The molecular formula is C16H20F3N3O2. The van der Waals surface area contributed by atoms with Crippen molar-refractivity contribution in [1.29, 1.82) is 0 Å². The highest BCUT2D eigenvalue weighted by Crippen LogP contribution is 2.19. The normalized spacial score (nSPS) is 12.0. The van der Waals surface area contributed by atoms with Gasteiger partial charge in [0.15, 0.2) is 0 Å². The van der Waals surface area contributed by atoms with E-state index in [2.05, 4.69) is 10.5 Å². The summed E-state index contributed by atoms with van der Waals surface area (Å²) in [4.78, 5) is 22.5. The van der Waals surface area contributed by atoms with Crippen LogP contribution in [0.25, 0.3) is 0 Å². The molecule has 0 heterocycles. The fraction of sp³-hybridized carbons (Fsp3) is 0.438. The summed E-state index contributed by atoms with van der Waals surface area (Å²) >= 11 is 0. The van der Waals surface area contributed by atoms with Crippen LogP contribution in [-0.2, 0) is 9.59 Å². The fourth-order valence-electron chi connectivity index (χ4n) is 1.83. The van der Waals surface area contributed by atoms with Gasteiger partial charge in [0.25, 0.3) is 0 Å². The standard InChI is InChI=1S/C16H20F3N3O2/c1-3-4-5-9-14(23)22-21-11(2)12-7-6-8-13(10-12)20-15(24)16(17,18)19/h6-8,10H,3-5,9H2,1-2H3,(H,20,24)(H,22,23). The van der Waals surface area contributed by atoms with E-state index in [1.165, 1.54) is 18.2 Å². The number of rotatable bonds is 7. The van der Waals surface area contributed by atoms with Gasteiger partial charge < -0.3 is 5.32 Å². The van der Waals surface area contributed by atoms with Crippen molar-refractivity contribution in [2.45, 2.75) is 45.7 Å². The van der Waals surface area contributed by atoms with E-state index in [1.807, 2.05) is 6.92 Å². The van der Waals surface area contributed by atoms with Gasteiger partial charge in [0.2, 0.25) is 5.91 Å². The molecule has 1 aromatic rings. The van der Waals surface area contributed by atoms with Crippen molar-refractivity contribution in [3.63, 3.8) is 0 Å². The van der Waals surface area contributed by atoms with Gasteiger partial charge in [0.1, 0.15) is 0 Å². The minimum Gasteiger partial charge on any atom is -0.318 e. The third kappa shape index (κ3) is 6.80. The number of nitrogens with zero attached hydrogens (tertiary/aromatic N) is 1. The Hall–Kier alpha value is -2.38. The lowest BCUT2D eigenvalue weighted by molar-refractivity contribution is -0.167. The van der Waals surface area contributed by atoms with E-state index in [0.29, 0.717) is 17.7 Å². The van der Waals surface area contributed by atoms with Crippen LogP contribution in [0.3, 0.4) is 0 Å². The SMILES string of the molecule is CCCCCC(=O)NN=C(C)c1cccc(NC(=O)C(F)(F)F)c1. The van der Waals surface area contributed by atoms with E-state index >= 15 is 0 Å². The molecule has 0 spiro atoms. The Kier molecular flexibility index (Phi) is 7.41. The zero-order valence-electron chi connectivity index (χ0n) is 13.5. The molecule has 0 bridgehead atoms. The van der Waals surface area contributed by atoms with E-state index in [0.717, 1.165) is 19.3 Å². The third-order valence-electron chi connectivity index (χ3n) is 3.15. The van der Waals surface area contributed by atoms with Gasteiger partial charge in [-0.2, -0.15) is 18.3 Å². The quantitative estimate of drug-likeness (QED) is 0.451. The highest BCUT2D eigenvalue weighted by atomic mass is 19.4. The summed E-state index contributed by atoms with van der Waals surface area (Å²) < 4.78 is 36.7. The van der Waals surface area contributed by atoms with Gasteiger partial charge in [0, 0.05) is 12.1 Å². The average Bonchev–Trinajstić information content (AvgIpc) is 2.52. The topological polar surface area (TPSA) is 70.6 Å². The zero-order valence-corrected chi connectivity index (χ0v) is 13.5. The van der Waals surface area contributed by atoms with E-state index in [-0.39, 0.29) is 11.6 Å². The Morgan fingerprint density at radius 3 is 2.54 bits per heavy atom. The minimum absolute atomic E-state index is 0.00125. The number of anilines is 1. The maximum atomic E-state index is 12.2. The minimum atomic E-state index is -4.95. The number of hydrogen-bond donors (Lipinski definition) is 2. The van der Waals surface area contributed by atoms with Gasteiger partial charge in [-0.25, -0.2) is 5.43 Å². The molecule has 8 heteroatoms. The van der Waals surface area contributed by atoms with Crippen molar-refractivity contribution >= 4 is 23.2 Å². The summed E-state index contributed by atoms with van der Waals surface area (Å²) in [6.07, 6.45) is -1.85. The number of carbonyl (C=O) groups is 2. The smallest absolute Gasteiger partial charge is 0.318 e. The number of amides is 2. The summed E-state index contributed by atoms with van der Waals surface area (Å²) in [5, 5.41) is 5.69. The molecule has 132 valence electrons. The number of halogens is 3. The van der Waals surface area contributed by atoms with Crippen LogP contribution in [0.4, 0.5) is 18.9 Å². The molecule has 0 atom stereocenters. The van der Waals surface area contributed by atoms with Gasteiger partial charge in [-0.05, 0) is 31.0 Å². The molecule has 0 radical (unpaired) electrons. The number of hydrazone groups is 1. The molecule has 2 N–H and O–H groups in total. The molecule has 2 amide bonds. The second kappa shape index (κ2) is 9.05. The number of unbranched alkanes of at least 4 members (excludes halogenated alkanes) is 2. The first kappa shape index (κ1) is 19.7. The molecule has 0 saturated heterocycles. The van der Waals surface area contributed by atoms with Crippen molar-refractivity contribution in [2.24, 2.45) is 5.10 Å². The molecule has 0 unspecified atom stereocenters. The molecule has 0 aliphatic carbocycles. The van der Waals surface area contributed by atoms with Gasteiger partial charge in [-0.1, -0.05) is 31.9 Å². The summed E-state index contributed by atoms with van der Waals surface area (Å²) in [5.74, 6) is -2.26. The number of carbonyl (C=O) groups excluding carboxylic acids is 2. The van der Waals surface area contributed by atoms with Gasteiger partial charge in [0.05, 0.1) is 5.71 Å². The van der Waals surface area contributed by atoms with Crippen LogP contribution in [0.5, 0.6) is 0 Å².